The van der Waals surface area contributed by atoms with Crippen molar-refractivity contribution in [3.63, 3.8) is 0 Å². The van der Waals surface area contributed by atoms with E-state index in [9.17, 15) is 0 Å². The van der Waals surface area contributed by atoms with Gasteiger partial charge in [-0.1, -0.05) is 19.0 Å². The van der Waals surface area contributed by atoms with E-state index in [0.29, 0.717) is 0 Å². The van der Waals surface area contributed by atoms with Crippen LogP contribution in [-0.4, -0.2) is 24.7 Å². The highest BCUT2D eigenvalue weighted by molar-refractivity contribution is 5.85. The number of oxime groups is 1. The summed E-state index contributed by atoms with van der Waals surface area (Å²) < 4.78 is 5.18. The number of amidine groups is 1. The first-order valence-electron chi connectivity index (χ1n) is 6.77. The number of nitrogens with one attached hydrogen (secondary N) is 1. The maximum absolute atomic E-state index is 8.73. The van der Waals surface area contributed by atoms with Crippen LogP contribution in [0.4, 0.5) is 5.69 Å². The first kappa shape index (κ1) is 16.1. The molecule has 1 aromatic rings. The van der Waals surface area contributed by atoms with E-state index in [4.69, 9.17) is 15.7 Å². The summed E-state index contributed by atoms with van der Waals surface area (Å²) in [5.74, 6) is 1.14. The maximum atomic E-state index is 8.73. The SMILES string of the molecule is COc1ccc(NCCCC(C)(C)C(N)=NO)c(C)c1. The van der Waals surface area contributed by atoms with Crippen LogP contribution in [0.3, 0.4) is 0 Å². The number of hydrogen-bond donors (Lipinski definition) is 3. The monoisotopic (exact) mass is 279 g/mol. The highest BCUT2D eigenvalue weighted by atomic mass is 16.5. The molecule has 0 heterocycles. The molecule has 5 nitrogen and oxygen atoms in total. The Balaban J connectivity index is 2.46. The Morgan fingerprint density at radius 2 is 2.15 bits per heavy atom. The molecule has 0 aliphatic carbocycles. The normalized spacial score (nSPS) is 12.3. The molecule has 0 unspecified atom stereocenters. The predicted octanol–water partition coefficient (Wildman–Crippen LogP) is 2.97. The van der Waals surface area contributed by atoms with Crippen LogP contribution >= 0.6 is 0 Å². The summed E-state index contributed by atoms with van der Waals surface area (Å²) in [5.41, 5.74) is 7.64. The van der Waals surface area contributed by atoms with Gasteiger partial charge >= 0.3 is 0 Å². The quantitative estimate of drug-likeness (QED) is 0.236. The molecule has 0 radical (unpaired) electrons. The Morgan fingerprint density at radius 3 is 2.70 bits per heavy atom. The van der Waals surface area contributed by atoms with Crippen molar-refractivity contribution in [1.29, 1.82) is 0 Å². The van der Waals surface area contributed by atoms with Crippen molar-refractivity contribution >= 4 is 11.5 Å². The molecular weight excluding hydrogens is 254 g/mol. The number of nitrogens with two attached hydrogens (primary N) is 1. The van der Waals surface area contributed by atoms with Crippen LogP contribution in [-0.2, 0) is 0 Å². The van der Waals surface area contributed by atoms with E-state index in [1.165, 1.54) is 0 Å². The van der Waals surface area contributed by atoms with Gasteiger partial charge in [-0.3, -0.25) is 0 Å². The van der Waals surface area contributed by atoms with Crippen LogP contribution in [0.15, 0.2) is 23.4 Å². The summed E-state index contributed by atoms with van der Waals surface area (Å²) in [7, 11) is 1.66. The van der Waals surface area contributed by atoms with Gasteiger partial charge in [0, 0.05) is 17.6 Å². The van der Waals surface area contributed by atoms with E-state index in [0.717, 1.165) is 36.4 Å². The van der Waals surface area contributed by atoms with Gasteiger partial charge in [0.1, 0.15) is 11.6 Å². The van der Waals surface area contributed by atoms with Crippen LogP contribution in [0.5, 0.6) is 5.75 Å². The van der Waals surface area contributed by atoms with Gasteiger partial charge in [-0.2, -0.15) is 0 Å². The van der Waals surface area contributed by atoms with E-state index in [1.54, 1.807) is 7.11 Å². The summed E-state index contributed by atoms with van der Waals surface area (Å²) >= 11 is 0. The Labute approximate surface area is 120 Å². The molecule has 0 saturated heterocycles. The molecule has 1 aromatic carbocycles. The summed E-state index contributed by atoms with van der Waals surface area (Å²) in [6, 6.07) is 5.96. The zero-order valence-electron chi connectivity index (χ0n) is 12.7. The Bertz CT molecular complexity index is 470. The number of hydrogen-bond acceptors (Lipinski definition) is 4. The molecule has 0 fully saturated rings. The van der Waals surface area contributed by atoms with Gasteiger partial charge in [0.25, 0.3) is 0 Å². The maximum Gasteiger partial charge on any atom is 0.144 e. The fourth-order valence-electron chi connectivity index (χ4n) is 1.98. The minimum Gasteiger partial charge on any atom is -0.497 e. The highest BCUT2D eigenvalue weighted by Crippen LogP contribution is 2.24. The summed E-state index contributed by atoms with van der Waals surface area (Å²) in [6.45, 7) is 6.84. The number of anilines is 1. The van der Waals surface area contributed by atoms with Crippen molar-refractivity contribution in [2.24, 2.45) is 16.3 Å². The zero-order valence-corrected chi connectivity index (χ0v) is 12.7. The average Bonchev–Trinajstić information content (AvgIpc) is 2.43. The number of rotatable bonds is 7. The van der Waals surface area contributed by atoms with Crippen molar-refractivity contribution < 1.29 is 9.94 Å². The summed E-state index contributed by atoms with van der Waals surface area (Å²) in [4.78, 5) is 0. The third-order valence-corrected chi connectivity index (χ3v) is 3.53. The molecule has 112 valence electrons. The molecule has 0 atom stereocenters. The molecule has 0 aromatic heterocycles. The van der Waals surface area contributed by atoms with Crippen LogP contribution in [0.2, 0.25) is 0 Å². The first-order valence-corrected chi connectivity index (χ1v) is 6.77. The molecule has 0 saturated carbocycles. The Morgan fingerprint density at radius 1 is 1.45 bits per heavy atom. The van der Waals surface area contributed by atoms with E-state index in [1.807, 2.05) is 39.0 Å². The fraction of sp³-hybridized carbons (Fsp3) is 0.533. The number of benzene rings is 1. The van der Waals surface area contributed by atoms with Crippen molar-refractivity contribution in [3.05, 3.63) is 23.8 Å². The van der Waals surface area contributed by atoms with E-state index in [2.05, 4.69) is 10.5 Å². The predicted molar refractivity (Wildman–Crippen MR) is 82.6 cm³/mol. The lowest BCUT2D eigenvalue weighted by Crippen LogP contribution is -2.32. The molecule has 0 aliphatic rings. The van der Waals surface area contributed by atoms with Crippen LogP contribution < -0.4 is 15.8 Å². The molecule has 0 bridgehead atoms. The molecule has 0 aliphatic heterocycles. The second-order valence-corrected chi connectivity index (χ2v) is 5.58. The number of aryl methyl sites for hydroxylation is 1. The number of ether oxygens (including phenoxy) is 1. The van der Waals surface area contributed by atoms with E-state index < -0.39 is 0 Å². The molecule has 0 amide bonds. The van der Waals surface area contributed by atoms with Gasteiger partial charge in [-0.05, 0) is 43.5 Å². The number of methoxy groups -OCH3 is 1. The van der Waals surface area contributed by atoms with Gasteiger partial charge in [0.05, 0.1) is 7.11 Å². The largest absolute Gasteiger partial charge is 0.497 e. The lowest BCUT2D eigenvalue weighted by molar-refractivity contribution is 0.305. The lowest BCUT2D eigenvalue weighted by Gasteiger charge is -2.22. The van der Waals surface area contributed by atoms with Crippen LogP contribution in [0.1, 0.15) is 32.3 Å². The van der Waals surface area contributed by atoms with Crippen LogP contribution in [0.25, 0.3) is 0 Å². The first-order chi connectivity index (χ1) is 9.40. The van der Waals surface area contributed by atoms with Crippen molar-refractivity contribution in [2.75, 3.05) is 19.0 Å². The third kappa shape index (κ3) is 4.33. The van der Waals surface area contributed by atoms with E-state index in [-0.39, 0.29) is 11.3 Å². The van der Waals surface area contributed by atoms with Crippen LogP contribution in [0, 0.1) is 12.3 Å². The second kappa shape index (κ2) is 7.03. The Kier molecular flexibility index (Phi) is 5.67. The smallest absolute Gasteiger partial charge is 0.144 e. The topological polar surface area (TPSA) is 79.9 Å². The van der Waals surface area contributed by atoms with Gasteiger partial charge in [0.15, 0.2) is 0 Å². The molecular formula is C15H25N3O2. The molecule has 0 spiro atoms. The fourth-order valence-corrected chi connectivity index (χ4v) is 1.98. The minimum atomic E-state index is -0.286. The molecule has 5 heteroatoms. The van der Waals surface area contributed by atoms with Gasteiger partial charge < -0.3 is 21.0 Å². The lowest BCUT2D eigenvalue weighted by atomic mass is 9.86. The van der Waals surface area contributed by atoms with Gasteiger partial charge in [-0.25, -0.2) is 0 Å². The van der Waals surface area contributed by atoms with Crippen molar-refractivity contribution in [3.8, 4) is 5.75 Å². The molecule has 1 rings (SSSR count). The average molecular weight is 279 g/mol. The third-order valence-electron chi connectivity index (χ3n) is 3.53. The van der Waals surface area contributed by atoms with E-state index >= 15 is 0 Å². The molecule has 20 heavy (non-hydrogen) atoms. The minimum absolute atomic E-state index is 0.276. The van der Waals surface area contributed by atoms with Gasteiger partial charge in [0.2, 0.25) is 0 Å². The zero-order chi connectivity index (χ0) is 15.2. The standard InChI is InChI=1S/C15H25N3O2/c1-11-10-12(20-4)6-7-13(11)17-9-5-8-15(2,3)14(16)18-19/h6-7,10,17,19H,5,8-9H2,1-4H3,(H2,16,18). The highest BCUT2D eigenvalue weighted by Gasteiger charge is 2.22. The molecule has 4 N–H and O–H groups in total. The Hall–Kier alpha value is -1.91. The number of nitrogens with zero attached hydrogens (tertiary/aromatic N) is 1. The summed E-state index contributed by atoms with van der Waals surface area (Å²) in [5, 5.41) is 15.2. The van der Waals surface area contributed by atoms with Crippen molar-refractivity contribution in [2.45, 2.75) is 33.6 Å². The van der Waals surface area contributed by atoms with Crippen molar-refractivity contribution in [1.82, 2.24) is 0 Å². The van der Waals surface area contributed by atoms with Gasteiger partial charge in [-0.15, -0.1) is 0 Å². The second-order valence-electron chi connectivity index (χ2n) is 5.58. The summed E-state index contributed by atoms with van der Waals surface area (Å²) in [6.07, 6.45) is 1.79.